The van der Waals surface area contributed by atoms with Crippen LogP contribution >= 0.6 is 11.3 Å². The molecule has 2 atom stereocenters. The first kappa shape index (κ1) is 24.8. The zero-order valence-electron chi connectivity index (χ0n) is 21.1. The number of amides is 1. The van der Waals surface area contributed by atoms with Gasteiger partial charge in [-0.1, -0.05) is 49.4 Å². The highest BCUT2D eigenvalue weighted by atomic mass is 32.1. The van der Waals surface area contributed by atoms with E-state index in [9.17, 15) is 10.1 Å². The van der Waals surface area contributed by atoms with Gasteiger partial charge in [0.05, 0.1) is 22.4 Å². The van der Waals surface area contributed by atoms with Crippen molar-refractivity contribution in [2.45, 2.75) is 39.4 Å². The minimum Gasteiger partial charge on any atom is -0.383 e. The van der Waals surface area contributed by atoms with Gasteiger partial charge in [0.1, 0.15) is 28.0 Å². The van der Waals surface area contributed by atoms with E-state index in [-0.39, 0.29) is 23.9 Å². The van der Waals surface area contributed by atoms with E-state index in [2.05, 4.69) is 35.4 Å². The largest absolute Gasteiger partial charge is 0.383 e. The molecule has 3 heterocycles. The third-order valence-electron chi connectivity index (χ3n) is 6.56. The van der Waals surface area contributed by atoms with E-state index in [0.29, 0.717) is 40.3 Å². The molecule has 2 aromatic heterocycles. The molecule has 1 aliphatic rings. The number of nitrogens with one attached hydrogen (secondary N) is 1. The summed E-state index contributed by atoms with van der Waals surface area (Å²) >= 11 is 1.42. The summed E-state index contributed by atoms with van der Waals surface area (Å²) in [6.07, 6.45) is 0.804. The minimum absolute atomic E-state index is 0.0707. The maximum absolute atomic E-state index is 14.1. The molecule has 3 N–H and O–H groups in total. The number of nitrogens with two attached hydrogens (primary N) is 1. The number of nitrogen functional groups attached to an aromatic ring is 1. The normalized spacial score (nSPS) is 17.5. The molecular formula is C29H29N5O2S. The van der Waals surface area contributed by atoms with Gasteiger partial charge in [-0.3, -0.25) is 4.79 Å². The van der Waals surface area contributed by atoms with Crippen LogP contribution in [0.5, 0.6) is 0 Å². The summed E-state index contributed by atoms with van der Waals surface area (Å²) < 4.78 is 6.62. The van der Waals surface area contributed by atoms with Crippen LogP contribution in [0.25, 0.3) is 21.3 Å². The number of rotatable bonds is 5. The first-order chi connectivity index (χ1) is 17.9. The molecule has 0 spiro atoms. The van der Waals surface area contributed by atoms with Crippen LogP contribution in [-0.4, -0.2) is 41.1 Å². The lowest BCUT2D eigenvalue weighted by molar-refractivity contribution is -0.0585. The van der Waals surface area contributed by atoms with E-state index < -0.39 is 0 Å². The first-order valence-corrected chi connectivity index (χ1v) is 13.2. The van der Waals surface area contributed by atoms with E-state index in [4.69, 9.17) is 10.5 Å². The number of carbonyl (C=O) groups excluding carboxylic acids is 1. The summed E-state index contributed by atoms with van der Waals surface area (Å²) in [4.78, 5) is 20.5. The molecule has 4 aromatic rings. The van der Waals surface area contributed by atoms with Crippen molar-refractivity contribution in [1.82, 2.24) is 9.88 Å². The molecule has 8 heteroatoms. The fourth-order valence-electron chi connectivity index (χ4n) is 4.85. The number of benzene rings is 2. The van der Waals surface area contributed by atoms with Crippen LogP contribution in [0.15, 0.2) is 54.6 Å². The molecule has 5 rings (SSSR count). The van der Waals surface area contributed by atoms with Gasteiger partial charge in [-0.15, -0.1) is 11.3 Å². The molecule has 0 bridgehead atoms. The van der Waals surface area contributed by atoms with Crippen molar-refractivity contribution in [2.24, 2.45) is 0 Å². The molecule has 188 valence electrons. The summed E-state index contributed by atoms with van der Waals surface area (Å²) in [5.74, 6) is -0.0141. The molecule has 1 amide bonds. The Kier molecular flexibility index (Phi) is 6.83. The number of pyridine rings is 1. The molecule has 0 saturated carbocycles. The molecule has 2 unspecified atom stereocenters. The van der Waals surface area contributed by atoms with Gasteiger partial charge in [0.15, 0.2) is 0 Å². The Morgan fingerprint density at radius 2 is 1.84 bits per heavy atom. The van der Waals surface area contributed by atoms with Gasteiger partial charge >= 0.3 is 0 Å². The fourth-order valence-corrected chi connectivity index (χ4v) is 6.08. The van der Waals surface area contributed by atoms with Gasteiger partial charge in [0.2, 0.25) is 0 Å². The van der Waals surface area contributed by atoms with Crippen molar-refractivity contribution in [1.29, 1.82) is 5.26 Å². The number of fused-ring (bicyclic) bond motifs is 1. The monoisotopic (exact) mass is 511 g/mol. The van der Waals surface area contributed by atoms with Crippen LogP contribution in [0.4, 0.5) is 16.5 Å². The Hall–Kier alpha value is -3.93. The third kappa shape index (κ3) is 4.76. The summed E-state index contributed by atoms with van der Waals surface area (Å²) in [6.45, 7) is 7.03. The maximum Gasteiger partial charge on any atom is 0.259 e. The number of nitriles is 1. The Morgan fingerprint density at radius 3 is 2.46 bits per heavy atom. The second-order valence-electron chi connectivity index (χ2n) is 9.35. The number of anilines is 3. The summed E-state index contributed by atoms with van der Waals surface area (Å²) in [7, 11) is 0. The standard InChI is InChI=1S/C29H29N5O2S/c1-4-19-10-12-21(13-11-19)32-28-24(29(35)34-15-17(2)36-18(3)16-34)25-26(37-28)23(20-8-6-5-7-9-20)22(14-30)27(31)33-25/h5-13,17-18,32H,4,15-16H2,1-3H3,(H2,31,33). The highest BCUT2D eigenvalue weighted by Crippen LogP contribution is 2.44. The predicted octanol–water partition coefficient (Wildman–Crippen LogP) is 5.97. The van der Waals surface area contributed by atoms with E-state index in [1.54, 1.807) is 0 Å². The second-order valence-corrected chi connectivity index (χ2v) is 10.4. The molecule has 0 aliphatic carbocycles. The number of aromatic nitrogens is 1. The van der Waals surface area contributed by atoms with Crippen LogP contribution in [-0.2, 0) is 11.2 Å². The van der Waals surface area contributed by atoms with Crippen molar-refractivity contribution in [2.75, 3.05) is 24.1 Å². The lowest BCUT2D eigenvalue weighted by Crippen LogP contribution is -2.48. The molecule has 1 saturated heterocycles. The molecule has 7 nitrogen and oxygen atoms in total. The fraction of sp³-hybridized carbons (Fsp3) is 0.276. The van der Waals surface area contributed by atoms with E-state index in [1.165, 1.54) is 16.9 Å². The van der Waals surface area contributed by atoms with Crippen LogP contribution < -0.4 is 11.1 Å². The van der Waals surface area contributed by atoms with E-state index >= 15 is 0 Å². The van der Waals surface area contributed by atoms with Crippen LogP contribution in [0.1, 0.15) is 42.3 Å². The lowest BCUT2D eigenvalue weighted by atomic mass is 9.99. The topological polar surface area (TPSA) is 104 Å². The number of hydrogen-bond acceptors (Lipinski definition) is 7. The Labute approximate surface area is 220 Å². The Balaban J connectivity index is 1.73. The average Bonchev–Trinajstić information content (AvgIpc) is 3.24. The average molecular weight is 512 g/mol. The van der Waals surface area contributed by atoms with Crippen LogP contribution in [0, 0.1) is 11.3 Å². The SMILES string of the molecule is CCc1ccc(Nc2sc3c(-c4ccccc4)c(C#N)c(N)nc3c2C(=O)N2CC(C)OC(C)C2)cc1. The number of nitrogens with zero attached hydrogens (tertiary/aromatic N) is 3. The van der Waals surface area contributed by atoms with Gasteiger partial charge < -0.3 is 20.7 Å². The number of carbonyl (C=O) groups is 1. The van der Waals surface area contributed by atoms with Crippen molar-refractivity contribution in [3.05, 3.63) is 71.3 Å². The van der Waals surface area contributed by atoms with Gasteiger partial charge in [0.25, 0.3) is 5.91 Å². The molecular weight excluding hydrogens is 482 g/mol. The number of aryl methyl sites for hydroxylation is 1. The number of hydrogen-bond donors (Lipinski definition) is 2. The zero-order chi connectivity index (χ0) is 26.1. The summed E-state index contributed by atoms with van der Waals surface area (Å²) in [5.41, 5.74) is 11.3. The number of morpholine rings is 1. The smallest absolute Gasteiger partial charge is 0.259 e. The minimum atomic E-state index is -0.128. The quantitative estimate of drug-likeness (QED) is 0.342. The highest BCUT2D eigenvalue weighted by molar-refractivity contribution is 7.24. The van der Waals surface area contributed by atoms with E-state index in [1.807, 2.05) is 61.2 Å². The second kappa shape index (κ2) is 10.2. The Bertz CT molecular complexity index is 1480. The van der Waals surface area contributed by atoms with Crippen molar-refractivity contribution >= 4 is 44.0 Å². The summed E-state index contributed by atoms with van der Waals surface area (Å²) in [6, 6.07) is 20.1. The number of ether oxygens (including phenoxy) is 1. The Morgan fingerprint density at radius 1 is 1.16 bits per heavy atom. The van der Waals surface area contributed by atoms with Crippen LogP contribution in [0.2, 0.25) is 0 Å². The molecule has 1 fully saturated rings. The molecule has 1 aliphatic heterocycles. The first-order valence-electron chi connectivity index (χ1n) is 12.4. The predicted molar refractivity (Wildman–Crippen MR) is 149 cm³/mol. The van der Waals surface area contributed by atoms with Crippen LogP contribution in [0.3, 0.4) is 0 Å². The van der Waals surface area contributed by atoms with Gasteiger partial charge in [-0.05, 0) is 43.5 Å². The summed E-state index contributed by atoms with van der Waals surface area (Å²) in [5, 5.41) is 14.1. The molecule has 2 aromatic carbocycles. The van der Waals surface area contributed by atoms with Crippen molar-refractivity contribution < 1.29 is 9.53 Å². The van der Waals surface area contributed by atoms with Crippen molar-refractivity contribution in [3.8, 4) is 17.2 Å². The number of thiophene rings is 1. The zero-order valence-corrected chi connectivity index (χ0v) is 21.9. The molecule has 37 heavy (non-hydrogen) atoms. The molecule has 0 radical (unpaired) electrons. The van der Waals surface area contributed by atoms with Gasteiger partial charge in [-0.25, -0.2) is 4.98 Å². The third-order valence-corrected chi connectivity index (χ3v) is 7.68. The van der Waals surface area contributed by atoms with Gasteiger partial charge in [-0.2, -0.15) is 5.26 Å². The van der Waals surface area contributed by atoms with E-state index in [0.717, 1.165) is 22.4 Å². The van der Waals surface area contributed by atoms with Gasteiger partial charge in [0, 0.05) is 24.3 Å². The highest BCUT2D eigenvalue weighted by Gasteiger charge is 2.32. The maximum atomic E-state index is 14.1. The van der Waals surface area contributed by atoms with Crippen molar-refractivity contribution in [3.63, 3.8) is 0 Å². The lowest BCUT2D eigenvalue weighted by Gasteiger charge is -2.35.